The number of benzene rings is 3. The fourth-order valence-electron chi connectivity index (χ4n) is 6.94. The standard InChI is InChI=1S/C43H44N2/c1-6-8-9-13-23-42-44-40(29-41(45-42)32-17-11-10-12-18-32)31(7-2)26-30(3)33-19-16-20-34(27-33)35-24-25-39-37(28-35)36-21-14-15-22-38(36)43(39,4)5/h6-15,17-18,20-22,24-25,27-29,31,40H,2-3,16,19,23,26H2,1,4-5H3,(H,44,45)/b8-6-,13-9-. The molecule has 3 aromatic rings. The fourth-order valence-corrected chi connectivity index (χ4v) is 6.94. The molecule has 0 bridgehead atoms. The van der Waals surface area contributed by atoms with E-state index in [0.717, 1.165) is 37.2 Å². The molecule has 0 fully saturated rings. The number of nitrogens with one attached hydrogen (secondary N) is 1. The van der Waals surface area contributed by atoms with Gasteiger partial charge in [-0.15, -0.1) is 6.58 Å². The molecule has 1 heterocycles. The van der Waals surface area contributed by atoms with Crippen molar-refractivity contribution in [1.82, 2.24) is 5.32 Å². The average molecular weight is 589 g/mol. The highest BCUT2D eigenvalue weighted by molar-refractivity contribution is 5.93. The van der Waals surface area contributed by atoms with E-state index in [9.17, 15) is 0 Å². The molecule has 226 valence electrons. The lowest BCUT2D eigenvalue weighted by atomic mass is 9.81. The normalized spacial score (nSPS) is 19.1. The number of nitrogens with zero attached hydrogens (tertiary/aromatic N) is 1. The molecule has 2 unspecified atom stereocenters. The Bertz CT molecular complexity index is 1790. The largest absolute Gasteiger partial charge is 0.343 e. The van der Waals surface area contributed by atoms with Crippen molar-refractivity contribution in [2.24, 2.45) is 10.9 Å². The molecule has 3 aromatic carbocycles. The first-order chi connectivity index (χ1) is 21.9. The molecule has 1 aliphatic heterocycles. The molecule has 2 atom stereocenters. The van der Waals surface area contributed by atoms with Gasteiger partial charge in [-0.3, -0.25) is 4.99 Å². The van der Waals surface area contributed by atoms with E-state index < -0.39 is 0 Å². The number of allylic oxidation sites excluding steroid dienone is 8. The van der Waals surface area contributed by atoms with Crippen LogP contribution in [0.3, 0.4) is 0 Å². The van der Waals surface area contributed by atoms with Crippen LogP contribution in [0.25, 0.3) is 22.4 Å². The van der Waals surface area contributed by atoms with Crippen molar-refractivity contribution in [3.05, 3.63) is 168 Å². The minimum atomic E-state index is -0.0137. The second-order valence-electron chi connectivity index (χ2n) is 12.8. The number of fused-ring (bicyclic) bond motifs is 3. The van der Waals surface area contributed by atoms with E-state index in [4.69, 9.17) is 4.99 Å². The number of hydrogen-bond acceptors (Lipinski definition) is 2. The molecule has 0 aromatic heterocycles. The van der Waals surface area contributed by atoms with Gasteiger partial charge in [-0.2, -0.15) is 0 Å². The van der Waals surface area contributed by atoms with Gasteiger partial charge in [0.25, 0.3) is 0 Å². The average Bonchev–Trinajstić information content (AvgIpc) is 3.31. The summed E-state index contributed by atoms with van der Waals surface area (Å²) in [4.78, 5) is 5.16. The Morgan fingerprint density at radius 1 is 0.978 bits per heavy atom. The highest BCUT2D eigenvalue weighted by Gasteiger charge is 2.35. The van der Waals surface area contributed by atoms with E-state index in [-0.39, 0.29) is 17.4 Å². The SMILES string of the molecule is C=CC(CC(=C)C1=CC(c2ccc3c(c2)-c2ccccc2C3(C)C)=CCC1)C1C=C(c2ccccc2)NC(C/C=C\C=C/C)=N1. The smallest absolute Gasteiger partial charge is 0.105 e. The highest BCUT2D eigenvalue weighted by Crippen LogP contribution is 2.49. The third-order valence-corrected chi connectivity index (χ3v) is 9.46. The van der Waals surface area contributed by atoms with Crippen molar-refractivity contribution in [2.75, 3.05) is 0 Å². The molecule has 0 spiro atoms. The number of amidine groups is 1. The van der Waals surface area contributed by atoms with E-state index in [1.165, 1.54) is 50.1 Å². The van der Waals surface area contributed by atoms with Crippen LogP contribution in [0.2, 0.25) is 0 Å². The highest BCUT2D eigenvalue weighted by atomic mass is 15.0. The summed E-state index contributed by atoms with van der Waals surface area (Å²) in [6.45, 7) is 15.6. The molecule has 1 N–H and O–H groups in total. The van der Waals surface area contributed by atoms with Crippen molar-refractivity contribution in [3.63, 3.8) is 0 Å². The number of aliphatic imine (C=N–C) groups is 1. The summed E-state index contributed by atoms with van der Waals surface area (Å²) in [6, 6.07) is 26.4. The lowest BCUT2D eigenvalue weighted by Gasteiger charge is -2.28. The maximum Gasteiger partial charge on any atom is 0.105 e. The lowest BCUT2D eigenvalue weighted by molar-refractivity contribution is 0.568. The quantitative estimate of drug-likeness (QED) is 0.185. The molecule has 45 heavy (non-hydrogen) atoms. The van der Waals surface area contributed by atoms with Crippen molar-refractivity contribution in [3.8, 4) is 11.1 Å². The van der Waals surface area contributed by atoms with Crippen LogP contribution in [0.4, 0.5) is 0 Å². The number of rotatable bonds is 10. The van der Waals surface area contributed by atoms with Crippen LogP contribution in [-0.2, 0) is 5.41 Å². The van der Waals surface area contributed by atoms with Crippen molar-refractivity contribution in [1.29, 1.82) is 0 Å². The van der Waals surface area contributed by atoms with Crippen molar-refractivity contribution >= 4 is 17.1 Å². The van der Waals surface area contributed by atoms with Gasteiger partial charge in [0.1, 0.15) is 5.84 Å². The van der Waals surface area contributed by atoms with Crippen LogP contribution in [0, 0.1) is 5.92 Å². The van der Waals surface area contributed by atoms with Gasteiger partial charge in [0, 0.05) is 23.5 Å². The summed E-state index contributed by atoms with van der Waals surface area (Å²) in [5.41, 5.74) is 12.9. The fraction of sp³-hybridized carbons (Fsp3) is 0.233. The summed E-state index contributed by atoms with van der Waals surface area (Å²) in [5, 5.41) is 3.59. The van der Waals surface area contributed by atoms with Crippen LogP contribution in [0.15, 0.2) is 151 Å². The predicted molar refractivity (Wildman–Crippen MR) is 194 cm³/mol. The van der Waals surface area contributed by atoms with Crippen LogP contribution >= 0.6 is 0 Å². The molecule has 3 aliphatic rings. The van der Waals surface area contributed by atoms with Crippen LogP contribution < -0.4 is 5.32 Å². The minimum Gasteiger partial charge on any atom is -0.343 e. The van der Waals surface area contributed by atoms with Crippen LogP contribution in [-0.4, -0.2) is 11.9 Å². The maximum absolute atomic E-state index is 5.16. The Hall–Kier alpha value is -4.69. The molecular formula is C43H44N2. The maximum atomic E-state index is 5.16. The van der Waals surface area contributed by atoms with E-state index >= 15 is 0 Å². The molecule has 2 heteroatoms. The van der Waals surface area contributed by atoms with Crippen molar-refractivity contribution in [2.45, 2.75) is 57.9 Å². The second-order valence-corrected chi connectivity index (χ2v) is 12.8. The van der Waals surface area contributed by atoms with Gasteiger partial charge in [-0.05, 0) is 82.9 Å². The van der Waals surface area contributed by atoms with E-state index in [0.29, 0.717) is 0 Å². The first-order valence-corrected chi connectivity index (χ1v) is 16.2. The molecule has 0 radical (unpaired) electrons. The van der Waals surface area contributed by atoms with Gasteiger partial charge in [0.05, 0.1) is 6.04 Å². The van der Waals surface area contributed by atoms with Gasteiger partial charge in [-0.1, -0.05) is 135 Å². The zero-order valence-corrected chi connectivity index (χ0v) is 26.9. The Labute approximate surface area is 269 Å². The van der Waals surface area contributed by atoms with Gasteiger partial charge in [0.15, 0.2) is 0 Å². The first-order valence-electron chi connectivity index (χ1n) is 16.2. The third-order valence-electron chi connectivity index (χ3n) is 9.46. The van der Waals surface area contributed by atoms with E-state index in [1.54, 1.807) is 0 Å². The molecular weight excluding hydrogens is 544 g/mol. The Kier molecular flexibility index (Phi) is 8.85. The molecule has 0 saturated heterocycles. The molecule has 6 rings (SSSR count). The predicted octanol–water partition coefficient (Wildman–Crippen LogP) is 10.8. The first kappa shape index (κ1) is 30.3. The zero-order chi connectivity index (χ0) is 31.4. The zero-order valence-electron chi connectivity index (χ0n) is 26.9. The Balaban J connectivity index is 1.24. The van der Waals surface area contributed by atoms with Gasteiger partial charge < -0.3 is 5.32 Å². The lowest BCUT2D eigenvalue weighted by Crippen LogP contribution is -2.31. The topological polar surface area (TPSA) is 24.4 Å². The van der Waals surface area contributed by atoms with Crippen molar-refractivity contribution < 1.29 is 0 Å². The summed E-state index contributed by atoms with van der Waals surface area (Å²) in [6.07, 6.45) is 21.0. The monoisotopic (exact) mass is 588 g/mol. The summed E-state index contributed by atoms with van der Waals surface area (Å²) in [5.74, 6) is 1.12. The minimum absolute atomic E-state index is 0.0137. The summed E-state index contributed by atoms with van der Waals surface area (Å²) < 4.78 is 0. The van der Waals surface area contributed by atoms with Gasteiger partial charge in [0.2, 0.25) is 0 Å². The van der Waals surface area contributed by atoms with Crippen LogP contribution in [0.5, 0.6) is 0 Å². The van der Waals surface area contributed by atoms with Gasteiger partial charge in [-0.25, -0.2) is 0 Å². The van der Waals surface area contributed by atoms with Gasteiger partial charge >= 0.3 is 0 Å². The number of hydrogen-bond donors (Lipinski definition) is 1. The van der Waals surface area contributed by atoms with E-state index in [1.807, 2.05) is 13.0 Å². The molecule has 2 aliphatic carbocycles. The molecule has 2 nitrogen and oxygen atoms in total. The Morgan fingerprint density at radius 3 is 2.56 bits per heavy atom. The Morgan fingerprint density at radius 2 is 1.76 bits per heavy atom. The summed E-state index contributed by atoms with van der Waals surface area (Å²) in [7, 11) is 0. The van der Waals surface area contributed by atoms with Crippen LogP contribution in [0.1, 0.15) is 68.7 Å². The second kappa shape index (κ2) is 13.1. The van der Waals surface area contributed by atoms with E-state index in [2.05, 4.69) is 148 Å². The molecule has 0 amide bonds. The summed E-state index contributed by atoms with van der Waals surface area (Å²) >= 11 is 0. The third kappa shape index (κ3) is 6.28. The molecule has 0 saturated carbocycles.